The molecule has 0 spiro atoms. The van der Waals surface area contributed by atoms with Gasteiger partial charge in [-0.2, -0.15) is 4.98 Å². The molecule has 24 heavy (non-hydrogen) atoms. The van der Waals surface area contributed by atoms with Gasteiger partial charge in [-0.05, 0) is 20.4 Å². The minimum atomic E-state index is 0.230. The number of rotatable bonds is 3. The van der Waals surface area contributed by atoms with E-state index >= 15 is 0 Å². The fourth-order valence-electron chi connectivity index (χ4n) is 3.07. The van der Waals surface area contributed by atoms with Crippen molar-refractivity contribution in [3.63, 3.8) is 0 Å². The first kappa shape index (κ1) is 15.5. The number of likely N-dealkylation sites (N-methyl/N-ethyl adjacent to an activating group) is 1. The summed E-state index contributed by atoms with van der Waals surface area (Å²) in [6, 6.07) is 0. The van der Waals surface area contributed by atoms with Crippen molar-refractivity contribution in [3.8, 4) is 11.5 Å². The summed E-state index contributed by atoms with van der Waals surface area (Å²) in [6.07, 6.45) is 2.73. The number of aryl methyl sites for hydroxylation is 1. The molecule has 0 aliphatic carbocycles. The van der Waals surface area contributed by atoms with E-state index in [-0.39, 0.29) is 5.92 Å². The molecule has 2 aliphatic heterocycles. The van der Waals surface area contributed by atoms with Crippen LogP contribution in [0.4, 0.5) is 5.95 Å². The van der Waals surface area contributed by atoms with Crippen LogP contribution in [0.25, 0.3) is 11.5 Å². The number of anilines is 1. The van der Waals surface area contributed by atoms with E-state index in [4.69, 9.17) is 9.26 Å². The Morgan fingerprint density at radius 3 is 2.71 bits per heavy atom. The molecule has 2 saturated heterocycles. The van der Waals surface area contributed by atoms with Gasteiger partial charge in [0.15, 0.2) is 5.82 Å². The summed E-state index contributed by atoms with van der Waals surface area (Å²) >= 11 is 0. The SMILES string of the molecule is Cc1nc(N2CCN(C)CC2)ncc1-c1nc([C@H]2CCOC2)no1. The van der Waals surface area contributed by atoms with Crippen LogP contribution in [0, 0.1) is 6.92 Å². The van der Waals surface area contributed by atoms with Crippen LogP contribution in [0.3, 0.4) is 0 Å². The molecule has 0 radical (unpaired) electrons. The van der Waals surface area contributed by atoms with E-state index in [0.29, 0.717) is 18.3 Å². The molecule has 2 aliphatic rings. The summed E-state index contributed by atoms with van der Waals surface area (Å²) in [7, 11) is 2.13. The van der Waals surface area contributed by atoms with Gasteiger partial charge in [-0.15, -0.1) is 0 Å². The van der Waals surface area contributed by atoms with Crippen LogP contribution in [0.1, 0.15) is 23.9 Å². The number of piperazine rings is 1. The van der Waals surface area contributed by atoms with E-state index in [1.165, 1.54) is 0 Å². The summed E-state index contributed by atoms with van der Waals surface area (Å²) in [5, 5.41) is 4.10. The maximum Gasteiger partial charge on any atom is 0.261 e. The smallest absolute Gasteiger partial charge is 0.261 e. The lowest BCUT2D eigenvalue weighted by Gasteiger charge is -2.32. The maximum absolute atomic E-state index is 5.43. The number of ether oxygens (including phenoxy) is 1. The van der Waals surface area contributed by atoms with Crippen molar-refractivity contribution in [2.45, 2.75) is 19.3 Å². The highest BCUT2D eigenvalue weighted by molar-refractivity contribution is 5.56. The molecule has 1 atom stereocenters. The van der Waals surface area contributed by atoms with Gasteiger partial charge in [0.2, 0.25) is 5.95 Å². The van der Waals surface area contributed by atoms with Crippen LogP contribution in [-0.4, -0.2) is 71.4 Å². The van der Waals surface area contributed by atoms with Crippen molar-refractivity contribution < 1.29 is 9.26 Å². The number of hydrogen-bond acceptors (Lipinski definition) is 8. The van der Waals surface area contributed by atoms with Crippen LogP contribution in [-0.2, 0) is 4.74 Å². The van der Waals surface area contributed by atoms with Crippen LogP contribution < -0.4 is 4.90 Å². The highest BCUT2D eigenvalue weighted by Crippen LogP contribution is 2.27. The van der Waals surface area contributed by atoms with E-state index in [9.17, 15) is 0 Å². The van der Waals surface area contributed by atoms with Gasteiger partial charge in [-0.1, -0.05) is 5.16 Å². The zero-order chi connectivity index (χ0) is 16.5. The predicted octanol–water partition coefficient (Wildman–Crippen LogP) is 1.09. The van der Waals surface area contributed by atoms with Crippen molar-refractivity contribution in [2.75, 3.05) is 51.3 Å². The number of aromatic nitrogens is 4. The Kier molecular flexibility index (Phi) is 4.15. The summed E-state index contributed by atoms with van der Waals surface area (Å²) < 4.78 is 10.8. The normalized spacial score (nSPS) is 22.2. The quantitative estimate of drug-likeness (QED) is 0.827. The molecule has 0 N–H and O–H groups in total. The van der Waals surface area contributed by atoms with Crippen molar-refractivity contribution >= 4 is 5.95 Å². The second-order valence-corrected chi connectivity index (χ2v) is 6.48. The third-order valence-corrected chi connectivity index (χ3v) is 4.72. The Morgan fingerprint density at radius 2 is 2.00 bits per heavy atom. The second-order valence-electron chi connectivity index (χ2n) is 6.48. The summed E-state index contributed by atoms with van der Waals surface area (Å²) in [6.45, 7) is 7.33. The fourth-order valence-corrected chi connectivity index (χ4v) is 3.07. The molecule has 2 aromatic rings. The van der Waals surface area contributed by atoms with E-state index in [1.807, 2.05) is 6.92 Å². The van der Waals surface area contributed by atoms with Gasteiger partial charge < -0.3 is 19.1 Å². The Balaban J connectivity index is 1.53. The lowest BCUT2D eigenvalue weighted by Crippen LogP contribution is -2.45. The highest BCUT2D eigenvalue weighted by atomic mass is 16.5. The highest BCUT2D eigenvalue weighted by Gasteiger charge is 2.24. The lowest BCUT2D eigenvalue weighted by atomic mass is 10.1. The third kappa shape index (κ3) is 2.99. The first-order valence-electron chi connectivity index (χ1n) is 8.39. The Morgan fingerprint density at radius 1 is 1.17 bits per heavy atom. The molecule has 128 valence electrons. The van der Waals surface area contributed by atoms with Crippen LogP contribution in [0.5, 0.6) is 0 Å². The standard InChI is InChI=1S/C16H22N6O2/c1-11-13(15-19-14(20-24-15)12-3-8-23-10-12)9-17-16(18-11)22-6-4-21(2)5-7-22/h9,12H,3-8,10H2,1-2H3/t12-/m0/s1. The zero-order valence-electron chi connectivity index (χ0n) is 14.1. The molecule has 2 fully saturated rings. The molecule has 0 amide bonds. The third-order valence-electron chi connectivity index (χ3n) is 4.72. The molecule has 0 bridgehead atoms. The van der Waals surface area contributed by atoms with Gasteiger partial charge in [0, 0.05) is 44.9 Å². The minimum absolute atomic E-state index is 0.230. The van der Waals surface area contributed by atoms with Crippen molar-refractivity contribution in [3.05, 3.63) is 17.7 Å². The van der Waals surface area contributed by atoms with Gasteiger partial charge in [0.05, 0.1) is 17.9 Å². The molecule has 0 unspecified atom stereocenters. The first-order valence-corrected chi connectivity index (χ1v) is 8.39. The molecule has 8 nitrogen and oxygen atoms in total. The summed E-state index contributed by atoms with van der Waals surface area (Å²) in [4.78, 5) is 18.2. The molecule has 4 heterocycles. The molecule has 0 aromatic carbocycles. The van der Waals surface area contributed by atoms with E-state index in [1.54, 1.807) is 6.20 Å². The Labute approximate surface area is 140 Å². The summed E-state index contributed by atoms with van der Waals surface area (Å²) in [5.41, 5.74) is 1.65. The molecule has 8 heteroatoms. The van der Waals surface area contributed by atoms with E-state index in [2.05, 4.69) is 37.0 Å². The van der Waals surface area contributed by atoms with Crippen molar-refractivity contribution in [1.29, 1.82) is 0 Å². The molecule has 0 saturated carbocycles. The van der Waals surface area contributed by atoms with Gasteiger partial charge in [0.1, 0.15) is 0 Å². The van der Waals surface area contributed by atoms with Crippen LogP contribution in [0.2, 0.25) is 0 Å². The number of nitrogens with zero attached hydrogens (tertiary/aromatic N) is 6. The van der Waals surface area contributed by atoms with Crippen LogP contribution >= 0.6 is 0 Å². The van der Waals surface area contributed by atoms with E-state index in [0.717, 1.165) is 56.4 Å². The average molecular weight is 330 g/mol. The molecule has 2 aromatic heterocycles. The van der Waals surface area contributed by atoms with Crippen molar-refractivity contribution in [2.24, 2.45) is 0 Å². The fraction of sp³-hybridized carbons (Fsp3) is 0.625. The Bertz CT molecular complexity index is 704. The average Bonchev–Trinajstić information content (AvgIpc) is 3.27. The minimum Gasteiger partial charge on any atom is -0.381 e. The largest absolute Gasteiger partial charge is 0.381 e. The molecular weight excluding hydrogens is 308 g/mol. The van der Waals surface area contributed by atoms with Gasteiger partial charge in [0.25, 0.3) is 5.89 Å². The van der Waals surface area contributed by atoms with Gasteiger partial charge in [-0.3, -0.25) is 0 Å². The predicted molar refractivity (Wildman–Crippen MR) is 87.9 cm³/mol. The Hall–Kier alpha value is -2.06. The summed E-state index contributed by atoms with van der Waals surface area (Å²) in [5.74, 6) is 2.20. The maximum atomic E-state index is 5.43. The van der Waals surface area contributed by atoms with Crippen molar-refractivity contribution in [1.82, 2.24) is 25.0 Å². The van der Waals surface area contributed by atoms with Crippen LogP contribution in [0.15, 0.2) is 10.7 Å². The number of hydrogen-bond donors (Lipinski definition) is 0. The monoisotopic (exact) mass is 330 g/mol. The van der Waals surface area contributed by atoms with Gasteiger partial charge >= 0.3 is 0 Å². The molecule has 4 rings (SSSR count). The lowest BCUT2D eigenvalue weighted by molar-refractivity contribution is 0.192. The van der Waals surface area contributed by atoms with E-state index < -0.39 is 0 Å². The zero-order valence-corrected chi connectivity index (χ0v) is 14.1. The second kappa shape index (κ2) is 6.45. The van der Waals surface area contributed by atoms with Gasteiger partial charge in [-0.25, -0.2) is 9.97 Å². The first-order chi connectivity index (χ1) is 11.7. The topological polar surface area (TPSA) is 80.4 Å². The molecular formula is C16H22N6O2.